The molecule has 3 heteroatoms. The molecule has 1 aliphatic rings. The molecule has 0 bridgehead atoms. The van der Waals surface area contributed by atoms with Crippen LogP contribution < -0.4 is 0 Å². The smallest absolute Gasteiger partial charge is 0.143 e. The summed E-state index contributed by atoms with van der Waals surface area (Å²) in [7, 11) is 0. The van der Waals surface area contributed by atoms with Crippen LogP contribution in [-0.2, 0) is 9.53 Å². The Morgan fingerprint density at radius 2 is 2.07 bits per heavy atom. The van der Waals surface area contributed by atoms with Crippen molar-refractivity contribution in [3.05, 3.63) is 35.9 Å². The second-order valence-electron chi connectivity index (χ2n) is 3.75. The van der Waals surface area contributed by atoms with Crippen molar-refractivity contribution in [1.29, 1.82) is 0 Å². The first-order chi connectivity index (χ1) is 7.29. The van der Waals surface area contributed by atoms with Gasteiger partial charge in [0, 0.05) is 6.42 Å². The van der Waals surface area contributed by atoms with Gasteiger partial charge in [-0.25, -0.2) is 0 Å². The molecule has 80 valence electrons. The van der Waals surface area contributed by atoms with E-state index < -0.39 is 12.0 Å². The first-order valence-electron chi connectivity index (χ1n) is 5.12. The maximum Gasteiger partial charge on any atom is 0.143 e. The molecule has 2 rings (SSSR count). The number of Topliss-reactive ketones (excluding diaryl/α,β-unsaturated/α-hetero) is 1. The molecule has 0 saturated carbocycles. The lowest BCUT2D eigenvalue weighted by Crippen LogP contribution is -2.32. The molecule has 0 radical (unpaired) electrons. The van der Waals surface area contributed by atoms with Crippen LogP contribution in [0.15, 0.2) is 30.3 Å². The summed E-state index contributed by atoms with van der Waals surface area (Å²) in [5.74, 6) is -0.307. The van der Waals surface area contributed by atoms with Gasteiger partial charge in [-0.3, -0.25) is 4.79 Å². The van der Waals surface area contributed by atoms with Gasteiger partial charge >= 0.3 is 0 Å². The van der Waals surface area contributed by atoms with Crippen molar-refractivity contribution >= 4 is 5.78 Å². The van der Waals surface area contributed by atoms with Crippen LogP contribution >= 0.6 is 0 Å². The van der Waals surface area contributed by atoms with Crippen LogP contribution in [0.1, 0.15) is 18.1 Å². The number of ketones is 1. The van der Waals surface area contributed by atoms with Crippen LogP contribution in [0.25, 0.3) is 0 Å². The van der Waals surface area contributed by atoms with Gasteiger partial charge in [0.25, 0.3) is 0 Å². The average molecular weight is 206 g/mol. The Balaban J connectivity index is 2.13. The summed E-state index contributed by atoms with van der Waals surface area (Å²) < 4.78 is 5.21. The average Bonchev–Trinajstić information content (AvgIpc) is 2.30. The maximum absolute atomic E-state index is 11.6. The third-order valence-corrected chi connectivity index (χ3v) is 2.73. The molecule has 0 aromatic heterocycles. The summed E-state index contributed by atoms with van der Waals surface area (Å²) in [5.41, 5.74) is 0.779. The van der Waals surface area contributed by atoms with E-state index in [2.05, 4.69) is 0 Å². The Kier molecular flexibility index (Phi) is 3.14. The molecule has 0 aliphatic carbocycles. The lowest BCUT2D eigenvalue weighted by molar-refractivity contribution is -0.136. The molecule has 1 aromatic carbocycles. The number of carbonyl (C=O) groups excluding carboxylic acids is 1. The van der Waals surface area contributed by atoms with Gasteiger partial charge in [-0.1, -0.05) is 30.3 Å². The molecule has 0 amide bonds. The van der Waals surface area contributed by atoms with Crippen molar-refractivity contribution in [2.24, 2.45) is 5.92 Å². The molecule has 1 fully saturated rings. The highest BCUT2D eigenvalue weighted by atomic mass is 16.5. The summed E-state index contributed by atoms with van der Waals surface area (Å²) in [5, 5.41) is 10.0. The van der Waals surface area contributed by atoms with Gasteiger partial charge in [-0.05, 0) is 5.56 Å². The van der Waals surface area contributed by atoms with E-state index in [0.717, 1.165) is 5.56 Å². The summed E-state index contributed by atoms with van der Waals surface area (Å²) in [6.07, 6.45) is -0.326. The Labute approximate surface area is 88.7 Å². The molecular weight excluding hydrogens is 192 g/mol. The predicted molar refractivity (Wildman–Crippen MR) is 55.3 cm³/mol. The molecule has 1 aromatic rings. The number of benzene rings is 1. The number of aliphatic hydroxyl groups is 1. The van der Waals surface area contributed by atoms with Crippen LogP contribution in [0.2, 0.25) is 0 Å². The van der Waals surface area contributed by atoms with Crippen LogP contribution in [-0.4, -0.2) is 24.1 Å². The van der Waals surface area contributed by atoms with Crippen molar-refractivity contribution in [1.82, 2.24) is 0 Å². The van der Waals surface area contributed by atoms with E-state index in [1.165, 1.54) is 0 Å². The number of hydrogen-bond acceptors (Lipinski definition) is 3. The number of hydrogen-bond donors (Lipinski definition) is 1. The van der Waals surface area contributed by atoms with Crippen molar-refractivity contribution in [3.63, 3.8) is 0 Å². The standard InChI is InChI=1S/C12H14O3/c13-11-6-7-15-8-10(11)12(14)9-4-2-1-3-5-9/h1-5,10,12,14H,6-8H2/t10-,12+/m0/s1. The quantitative estimate of drug-likeness (QED) is 0.794. The SMILES string of the molecule is O=C1CCOC[C@@H]1[C@H](O)c1ccccc1. The Bertz CT molecular complexity index is 334. The number of rotatable bonds is 2. The molecule has 0 unspecified atom stereocenters. The maximum atomic E-state index is 11.6. The van der Waals surface area contributed by atoms with Crippen LogP contribution in [0, 0.1) is 5.92 Å². The first kappa shape index (κ1) is 10.3. The molecular formula is C12H14O3. The van der Waals surface area contributed by atoms with Crippen LogP contribution in [0.5, 0.6) is 0 Å². The fourth-order valence-corrected chi connectivity index (χ4v) is 1.81. The molecule has 0 spiro atoms. The summed E-state index contributed by atoms with van der Waals surface area (Å²) in [4.78, 5) is 11.6. The van der Waals surface area contributed by atoms with E-state index in [9.17, 15) is 9.90 Å². The van der Waals surface area contributed by atoms with Gasteiger partial charge in [-0.2, -0.15) is 0 Å². The summed E-state index contributed by atoms with van der Waals surface area (Å²) in [6.45, 7) is 0.811. The van der Waals surface area contributed by atoms with Crippen LogP contribution in [0.3, 0.4) is 0 Å². The topological polar surface area (TPSA) is 46.5 Å². The highest BCUT2D eigenvalue weighted by Crippen LogP contribution is 2.26. The predicted octanol–water partition coefficient (Wildman–Crippen LogP) is 1.33. The van der Waals surface area contributed by atoms with Gasteiger partial charge in [-0.15, -0.1) is 0 Å². The molecule has 1 heterocycles. The minimum atomic E-state index is -0.737. The minimum Gasteiger partial charge on any atom is -0.388 e. The summed E-state index contributed by atoms with van der Waals surface area (Å²) in [6, 6.07) is 9.24. The zero-order valence-electron chi connectivity index (χ0n) is 8.43. The molecule has 3 nitrogen and oxygen atoms in total. The monoisotopic (exact) mass is 206 g/mol. The second kappa shape index (κ2) is 4.55. The lowest BCUT2D eigenvalue weighted by Gasteiger charge is -2.25. The van der Waals surface area contributed by atoms with Crippen molar-refractivity contribution < 1.29 is 14.6 Å². The van der Waals surface area contributed by atoms with E-state index in [1.54, 1.807) is 0 Å². The largest absolute Gasteiger partial charge is 0.388 e. The molecule has 1 aliphatic heterocycles. The van der Waals surface area contributed by atoms with Gasteiger partial charge < -0.3 is 9.84 Å². The lowest BCUT2D eigenvalue weighted by atomic mass is 9.90. The zero-order chi connectivity index (χ0) is 10.7. The van der Waals surface area contributed by atoms with Gasteiger partial charge in [0.05, 0.1) is 25.2 Å². The molecule has 1 N–H and O–H groups in total. The number of carbonyl (C=O) groups is 1. The van der Waals surface area contributed by atoms with E-state index in [0.29, 0.717) is 19.6 Å². The van der Waals surface area contributed by atoms with E-state index in [1.807, 2.05) is 30.3 Å². The Hall–Kier alpha value is -1.19. The fourth-order valence-electron chi connectivity index (χ4n) is 1.81. The minimum absolute atomic E-state index is 0.0950. The second-order valence-corrected chi connectivity index (χ2v) is 3.75. The van der Waals surface area contributed by atoms with E-state index in [4.69, 9.17) is 4.74 Å². The van der Waals surface area contributed by atoms with Crippen LogP contribution in [0.4, 0.5) is 0 Å². The molecule has 2 atom stereocenters. The van der Waals surface area contributed by atoms with Gasteiger partial charge in [0.1, 0.15) is 5.78 Å². The fraction of sp³-hybridized carbons (Fsp3) is 0.417. The zero-order valence-corrected chi connectivity index (χ0v) is 8.43. The normalized spacial score (nSPS) is 23.8. The Morgan fingerprint density at radius 3 is 2.73 bits per heavy atom. The van der Waals surface area contributed by atoms with Crippen molar-refractivity contribution in [2.45, 2.75) is 12.5 Å². The molecule has 15 heavy (non-hydrogen) atoms. The molecule has 1 saturated heterocycles. The van der Waals surface area contributed by atoms with E-state index in [-0.39, 0.29) is 5.78 Å². The Morgan fingerprint density at radius 1 is 1.33 bits per heavy atom. The third-order valence-electron chi connectivity index (χ3n) is 2.73. The highest BCUT2D eigenvalue weighted by molar-refractivity contribution is 5.82. The highest BCUT2D eigenvalue weighted by Gasteiger charge is 2.30. The first-order valence-corrected chi connectivity index (χ1v) is 5.12. The van der Waals surface area contributed by atoms with Gasteiger partial charge in [0.15, 0.2) is 0 Å². The van der Waals surface area contributed by atoms with Crippen molar-refractivity contribution in [3.8, 4) is 0 Å². The third kappa shape index (κ3) is 2.25. The number of ether oxygens (including phenoxy) is 1. The van der Waals surface area contributed by atoms with Gasteiger partial charge in [0.2, 0.25) is 0 Å². The van der Waals surface area contributed by atoms with E-state index >= 15 is 0 Å². The number of aliphatic hydroxyl groups excluding tert-OH is 1. The van der Waals surface area contributed by atoms with Crippen molar-refractivity contribution in [2.75, 3.05) is 13.2 Å². The summed E-state index contributed by atoms with van der Waals surface area (Å²) >= 11 is 0.